The van der Waals surface area contributed by atoms with Gasteiger partial charge in [0.2, 0.25) is 5.91 Å². The first-order valence-corrected chi connectivity index (χ1v) is 10.4. The van der Waals surface area contributed by atoms with E-state index in [1.165, 1.54) is 11.1 Å². The minimum absolute atomic E-state index is 0.168. The fraction of sp³-hybridized carbons (Fsp3) is 0.636. The Morgan fingerprint density at radius 3 is 2.63 bits per heavy atom. The van der Waals surface area contributed by atoms with Crippen molar-refractivity contribution in [2.75, 3.05) is 24.5 Å². The van der Waals surface area contributed by atoms with Crippen molar-refractivity contribution in [2.24, 2.45) is 5.92 Å². The van der Waals surface area contributed by atoms with E-state index >= 15 is 0 Å². The van der Waals surface area contributed by atoms with Gasteiger partial charge < -0.3 is 14.9 Å². The Kier molecular flexibility index (Phi) is 6.53. The van der Waals surface area contributed by atoms with E-state index in [4.69, 9.17) is 5.11 Å². The summed E-state index contributed by atoms with van der Waals surface area (Å²) >= 11 is 0. The fourth-order valence-electron chi connectivity index (χ4n) is 4.36. The topological polar surface area (TPSA) is 60.9 Å². The zero-order chi connectivity index (χ0) is 19.4. The molecule has 1 saturated heterocycles. The molecule has 1 aromatic carbocycles. The largest absolute Gasteiger partial charge is 0.481 e. The van der Waals surface area contributed by atoms with Crippen LogP contribution in [0.1, 0.15) is 57.1 Å². The van der Waals surface area contributed by atoms with E-state index in [1.54, 1.807) is 0 Å². The molecule has 5 nitrogen and oxygen atoms in total. The first-order valence-electron chi connectivity index (χ1n) is 10.4. The third-order valence-electron chi connectivity index (χ3n) is 6.03. The molecule has 0 bridgehead atoms. The number of fused-ring (bicyclic) bond motifs is 1. The van der Waals surface area contributed by atoms with E-state index < -0.39 is 5.97 Å². The summed E-state index contributed by atoms with van der Waals surface area (Å²) < 4.78 is 0. The number of piperidine rings is 1. The third kappa shape index (κ3) is 4.70. The Morgan fingerprint density at radius 2 is 1.96 bits per heavy atom. The van der Waals surface area contributed by atoms with E-state index in [9.17, 15) is 9.59 Å². The number of unbranched alkanes of at least 4 members (excludes halogenated alkanes) is 1. The molecule has 2 aliphatic heterocycles. The van der Waals surface area contributed by atoms with Gasteiger partial charge in [-0.25, -0.2) is 0 Å². The monoisotopic (exact) mass is 372 g/mol. The number of likely N-dealkylation sites (tertiary alicyclic amines) is 1. The lowest BCUT2D eigenvalue weighted by Crippen LogP contribution is -2.37. The van der Waals surface area contributed by atoms with Gasteiger partial charge in [-0.3, -0.25) is 9.59 Å². The zero-order valence-corrected chi connectivity index (χ0v) is 16.6. The molecule has 2 aliphatic rings. The molecule has 1 aromatic rings. The molecule has 0 aliphatic carbocycles. The molecule has 1 fully saturated rings. The number of benzene rings is 1. The maximum absolute atomic E-state index is 12.5. The highest BCUT2D eigenvalue weighted by Gasteiger charge is 2.30. The van der Waals surface area contributed by atoms with Gasteiger partial charge in [0.25, 0.3) is 0 Å². The van der Waals surface area contributed by atoms with Crippen LogP contribution in [0.5, 0.6) is 0 Å². The van der Waals surface area contributed by atoms with Crippen LogP contribution in [0.3, 0.4) is 0 Å². The van der Waals surface area contributed by atoms with Gasteiger partial charge in [0.15, 0.2) is 0 Å². The van der Waals surface area contributed by atoms with Crippen LogP contribution in [0.4, 0.5) is 5.69 Å². The Hall–Kier alpha value is -1.88. The second-order valence-corrected chi connectivity index (χ2v) is 8.09. The highest BCUT2D eigenvalue weighted by Crippen LogP contribution is 2.33. The van der Waals surface area contributed by atoms with Crippen LogP contribution in [0, 0.1) is 5.92 Å². The van der Waals surface area contributed by atoms with E-state index in [0.29, 0.717) is 6.42 Å². The first-order chi connectivity index (χ1) is 13.0. The standard InChI is InChI=1S/C22H32N2O3/c1-3-4-5-21(25)24-16(2)14-19-15-17(6-7-20(19)24)8-11-23-12-9-18(10-13-23)22(26)27/h6-7,15-16,18H,3-5,8-14H2,1-2H3,(H,26,27). The van der Waals surface area contributed by atoms with Crippen LogP contribution in [-0.2, 0) is 22.4 Å². The summed E-state index contributed by atoms with van der Waals surface area (Å²) in [6, 6.07) is 6.79. The molecule has 0 aromatic heterocycles. The van der Waals surface area contributed by atoms with Gasteiger partial charge in [-0.1, -0.05) is 25.5 Å². The maximum Gasteiger partial charge on any atom is 0.306 e. The SMILES string of the molecule is CCCCC(=O)N1c2ccc(CCN3CCC(C(=O)O)CC3)cc2CC1C. The first kappa shape index (κ1) is 19.9. The zero-order valence-electron chi connectivity index (χ0n) is 16.6. The summed E-state index contributed by atoms with van der Waals surface area (Å²) in [7, 11) is 0. The summed E-state index contributed by atoms with van der Waals surface area (Å²) in [6.07, 6.45) is 6.05. The van der Waals surface area contributed by atoms with Gasteiger partial charge in [-0.05, 0) is 69.3 Å². The molecule has 2 heterocycles. The van der Waals surface area contributed by atoms with Crippen molar-refractivity contribution in [3.05, 3.63) is 29.3 Å². The van der Waals surface area contributed by atoms with Crippen molar-refractivity contribution in [3.8, 4) is 0 Å². The minimum atomic E-state index is -0.652. The van der Waals surface area contributed by atoms with E-state index in [2.05, 4.69) is 36.9 Å². The lowest BCUT2D eigenvalue weighted by atomic mass is 9.96. The van der Waals surface area contributed by atoms with Gasteiger partial charge in [-0.2, -0.15) is 0 Å². The van der Waals surface area contributed by atoms with E-state index in [-0.39, 0.29) is 17.9 Å². The number of amides is 1. The normalized spacial score (nSPS) is 20.7. The molecule has 0 saturated carbocycles. The van der Waals surface area contributed by atoms with Crippen LogP contribution < -0.4 is 4.90 Å². The van der Waals surface area contributed by atoms with Gasteiger partial charge >= 0.3 is 5.97 Å². The molecule has 0 spiro atoms. The molecule has 27 heavy (non-hydrogen) atoms. The van der Waals surface area contributed by atoms with Crippen LogP contribution in [0.2, 0.25) is 0 Å². The van der Waals surface area contributed by atoms with Crippen molar-refractivity contribution >= 4 is 17.6 Å². The van der Waals surface area contributed by atoms with Crippen LogP contribution in [-0.4, -0.2) is 47.6 Å². The number of carbonyl (C=O) groups excluding carboxylic acids is 1. The second kappa shape index (κ2) is 8.87. The molecular weight excluding hydrogens is 340 g/mol. The number of aliphatic carboxylic acids is 1. The number of carbonyl (C=O) groups is 2. The summed E-state index contributed by atoms with van der Waals surface area (Å²) in [5.74, 6) is -0.573. The number of rotatable bonds is 7. The smallest absolute Gasteiger partial charge is 0.306 e. The summed E-state index contributed by atoms with van der Waals surface area (Å²) in [5.41, 5.74) is 3.69. The van der Waals surface area contributed by atoms with Crippen molar-refractivity contribution < 1.29 is 14.7 Å². The quantitative estimate of drug-likeness (QED) is 0.796. The molecule has 0 radical (unpaired) electrons. The number of hydrogen-bond donors (Lipinski definition) is 1. The number of nitrogens with zero attached hydrogens (tertiary/aromatic N) is 2. The predicted molar refractivity (Wildman–Crippen MR) is 107 cm³/mol. The average Bonchev–Trinajstić information content (AvgIpc) is 2.99. The van der Waals surface area contributed by atoms with Crippen LogP contribution in [0.25, 0.3) is 0 Å². The molecule has 1 atom stereocenters. The summed E-state index contributed by atoms with van der Waals surface area (Å²) in [5, 5.41) is 9.11. The van der Waals surface area contributed by atoms with E-state index in [0.717, 1.165) is 63.8 Å². The Labute approximate surface area is 162 Å². The minimum Gasteiger partial charge on any atom is -0.481 e. The Balaban J connectivity index is 1.57. The van der Waals surface area contributed by atoms with Crippen molar-refractivity contribution in [2.45, 2.75) is 64.8 Å². The number of anilines is 1. The maximum atomic E-state index is 12.5. The highest BCUT2D eigenvalue weighted by molar-refractivity contribution is 5.96. The molecule has 5 heteroatoms. The molecule has 1 unspecified atom stereocenters. The third-order valence-corrected chi connectivity index (χ3v) is 6.03. The Bertz CT molecular complexity index is 680. The van der Waals surface area contributed by atoms with Crippen LogP contribution in [0.15, 0.2) is 18.2 Å². The van der Waals surface area contributed by atoms with Crippen molar-refractivity contribution in [3.63, 3.8) is 0 Å². The molecule has 1 N–H and O–H groups in total. The number of carboxylic acids is 1. The highest BCUT2D eigenvalue weighted by atomic mass is 16.4. The van der Waals surface area contributed by atoms with Gasteiger partial charge in [0, 0.05) is 24.7 Å². The average molecular weight is 373 g/mol. The number of hydrogen-bond acceptors (Lipinski definition) is 3. The van der Waals surface area contributed by atoms with Gasteiger partial charge in [0.1, 0.15) is 0 Å². The molecule has 1 amide bonds. The fourth-order valence-corrected chi connectivity index (χ4v) is 4.36. The Morgan fingerprint density at radius 1 is 1.22 bits per heavy atom. The number of carboxylic acid groups (broad SMARTS) is 1. The van der Waals surface area contributed by atoms with Crippen molar-refractivity contribution in [1.29, 1.82) is 0 Å². The van der Waals surface area contributed by atoms with E-state index in [1.807, 2.05) is 4.90 Å². The lowest BCUT2D eigenvalue weighted by Gasteiger charge is -2.30. The second-order valence-electron chi connectivity index (χ2n) is 8.09. The predicted octanol–water partition coefficient (Wildman–Crippen LogP) is 3.49. The summed E-state index contributed by atoms with van der Waals surface area (Å²) in [6.45, 7) is 6.97. The van der Waals surface area contributed by atoms with Crippen molar-refractivity contribution in [1.82, 2.24) is 4.90 Å². The molecule has 148 valence electrons. The lowest BCUT2D eigenvalue weighted by molar-refractivity contribution is -0.143. The summed E-state index contributed by atoms with van der Waals surface area (Å²) in [4.78, 5) is 28.0. The van der Waals surface area contributed by atoms with Gasteiger partial charge in [0.05, 0.1) is 5.92 Å². The van der Waals surface area contributed by atoms with Gasteiger partial charge in [-0.15, -0.1) is 0 Å². The van der Waals surface area contributed by atoms with Crippen LogP contribution >= 0.6 is 0 Å². The molecular formula is C22H32N2O3. The molecule has 3 rings (SSSR count).